The van der Waals surface area contributed by atoms with E-state index in [-0.39, 0.29) is 5.91 Å². The minimum absolute atomic E-state index is 0.121. The van der Waals surface area contributed by atoms with Crippen molar-refractivity contribution >= 4 is 28.5 Å². The number of carbonyl (C=O) groups is 1. The standard InChI is InChI=1S/C25H22N4OS/c1-19(30)27-24-23(22-15-9-4-10-16-22)29(18-21-13-7-3-8-14-21)25(31-24)28-26-17-20-11-5-2-6-12-20/h2-17H,18H2,1H3,(H,27,30). The number of rotatable bonds is 6. The van der Waals surface area contributed by atoms with E-state index in [4.69, 9.17) is 0 Å². The first-order valence-corrected chi connectivity index (χ1v) is 10.7. The lowest BCUT2D eigenvalue weighted by atomic mass is 10.1. The molecule has 0 bridgehead atoms. The highest BCUT2D eigenvalue weighted by molar-refractivity contribution is 7.14. The number of hydrogen-bond donors (Lipinski definition) is 1. The van der Waals surface area contributed by atoms with E-state index in [0.717, 1.165) is 27.4 Å². The maximum absolute atomic E-state index is 11.9. The average molecular weight is 427 g/mol. The minimum atomic E-state index is -0.121. The monoisotopic (exact) mass is 426 g/mol. The molecule has 31 heavy (non-hydrogen) atoms. The summed E-state index contributed by atoms with van der Waals surface area (Å²) in [6, 6.07) is 30.1. The van der Waals surface area contributed by atoms with E-state index in [2.05, 4.69) is 32.2 Å². The lowest BCUT2D eigenvalue weighted by Crippen LogP contribution is -2.17. The zero-order chi connectivity index (χ0) is 21.5. The molecule has 0 radical (unpaired) electrons. The van der Waals surface area contributed by atoms with E-state index in [0.29, 0.717) is 11.3 Å². The Hall–Kier alpha value is -3.77. The first-order chi connectivity index (χ1) is 15.2. The van der Waals surface area contributed by atoms with Crippen molar-refractivity contribution in [2.24, 2.45) is 10.2 Å². The van der Waals surface area contributed by atoms with E-state index in [1.54, 1.807) is 6.21 Å². The first-order valence-electron chi connectivity index (χ1n) is 9.93. The van der Waals surface area contributed by atoms with Crippen LogP contribution in [0.2, 0.25) is 0 Å². The molecule has 1 amide bonds. The van der Waals surface area contributed by atoms with Crippen molar-refractivity contribution in [3.8, 4) is 11.3 Å². The first kappa shape index (κ1) is 20.5. The Morgan fingerprint density at radius 3 is 2.19 bits per heavy atom. The van der Waals surface area contributed by atoms with Crippen LogP contribution in [0.1, 0.15) is 18.1 Å². The molecule has 5 nitrogen and oxygen atoms in total. The van der Waals surface area contributed by atoms with Gasteiger partial charge in [0.15, 0.2) is 0 Å². The van der Waals surface area contributed by atoms with Gasteiger partial charge in [0.05, 0.1) is 18.5 Å². The van der Waals surface area contributed by atoms with Crippen LogP contribution in [-0.4, -0.2) is 16.7 Å². The number of benzene rings is 3. The van der Waals surface area contributed by atoms with Crippen LogP contribution < -0.4 is 10.1 Å². The van der Waals surface area contributed by atoms with Crippen molar-refractivity contribution in [3.63, 3.8) is 0 Å². The second-order valence-corrected chi connectivity index (χ2v) is 7.91. The molecular formula is C25H22N4OS. The van der Waals surface area contributed by atoms with Crippen LogP contribution in [0.3, 0.4) is 0 Å². The topological polar surface area (TPSA) is 58.8 Å². The zero-order valence-electron chi connectivity index (χ0n) is 17.1. The number of nitrogens with zero attached hydrogens (tertiary/aromatic N) is 3. The molecule has 1 aromatic heterocycles. The second-order valence-electron chi connectivity index (χ2n) is 6.94. The number of amides is 1. The quantitative estimate of drug-likeness (QED) is 0.336. The number of nitrogens with one attached hydrogen (secondary N) is 1. The highest BCUT2D eigenvalue weighted by atomic mass is 32.1. The molecule has 0 unspecified atom stereocenters. The van der Waals surface area contributed by atoms with Gasteiger partial charge in [0.2, 0.25) is 10.7 Å². The predicted octanol–water partition coefficient (Wildman–Crippen LogP) is 5.16. The Bertz CT molecular complexity index is 1240. The molecule has 0 aliphatic rings. The molecular weight excluding hydrogens is 404 g/mol. The van der Waals surface area contributed by atoms with Crippen molar-refractivity contribution in [1.82, 2.24) is 4.57 Å². The molecule has 0 atom stereocenters. The summed E-state index contributed by atoms with van der Waals surface area (Å²) in [5.74, 6) is -0.121. The highest BCUT2D eigenvalue weighted by Gasteiger charge is 2.17. The summed E-state index contributed by atoms with van der Waals surface area (Å²) in [5.41, 5.74) is 4.04. The van der Waals surface area contributed by atoms with E-state index < -0.39 is 0 Å². The van der Waals surface area contributed by atoms with E-state index in [1.165, 1.54) is 18.3 Å². The van der Waals surface area contributed by atoms with E-state index in [1.807, 2.05) is 78.9 Å². The van der Waals surface area contributed by atoms with Crippen LogP contribution in [0.15, 0.2) is 101 Å². The van der Waals surface area contributed by atoms with E-state index in [9.17, 15) is 4.79 Å². The average Bonchev–Trinajstić information content (AvgIpc) is 3.11. The van der Waals surface area contributed by atoms with Crippen LogP contribution >= 0.6 is 11.3 Å². The molecule has 0 spiro atoms. The summed E-state index contributed by atoms with van der Waals surface area (Å²) < 4.78 is 2.10. The van der Waals surface area contributed by atoms with Gasteiger partial charge in [-0.2, -0.15) is 5.10 Å². The molecule has 0 saturated heterocycles. The Balaban J connectivity index is 1.86. The van der Waals surface area contributed by atoms with Gasteiger partial charge in [-0.1, -0.05) is 102 Å². The van der Waals surface area contributed by atoms with Gasteiger partial charge in [0, 0.05) is 12.5 Å². The Kier molecular flexibility index (Phi) is 6.50. The molecule has 1 N–H and O–H groups in total. The van der Waals surface area contributed by atoms with Crippen LogP contribution in [-0.2, 0) is 11.3 Å². The molecule has 0 aliphatic carbocycles. The van der Waals surface area contributed by atoms with Gasteiger partial charge < -0.3 is 9.88 Å². The molecule has 154 valence electrons. The van der Waals surface area contributed by atoms with Gasteiger partial charge in [0.1, 0.15) is 5.00 Å². The molecule has 0 aliphatic heterocycles. The maximum atomic E-state index is 11.9. The van der Waals surface area contributed by atoms with Gasteiger partial charge >= 0.3 is 0 Å². The number of hydrogen-bond acceptors (Lipinski definition) is 4. The van der Waals surface area contributed by atoms with E-state index >= 15 is 0 Å². The Morgan fingerprint density at radius 2 is 1.55 bits per heavy atom. The normalized spacial score (nSPS) is 11.7. The molecule has 1 heterocycles. The number of anilines is 1. The fourth-order valence-corrected chi connectivity index (χ4v) is 4.27. The largest absolute Gasteiger partial charge is 0.316 e. The maximum Gasteiger partial charge on any atom is 0.221 e. The van der Waals surface area contributed by atoms with Gasteiger partial charge in [0.25, 0.3) is 0 Å². The minimum Gasteiger partial charge on any atom is -0.316 e. The Morgan fingerprint density at radius 1 is 0.935 bits per heavy atom. The molecule has 0 fully saturated rings. The third-order valence-electron chi connectivity index (χ3n) is 4.58. The van der Waals surface area contributed by atoms with Crippen molar-refractivity contribution in [3.05, 3.63) is 107 Å². The smallest absolute Gasteiger partial charge is 0.221 e. The fraction of sp³-hybridized carbons (Fsp3) is 0.0800. The summed E-state index contributed by atoms with van der Waals surface area (Å²) in [5, 5.41) is 12.6. The lowest BCUT2D eigenvalue weighted by Gasteiger charge is -2.11. The summed E-state index contributed by atoms with van der Waals surface area (Å²) in [6.45, 7) is 2.13. The third-order valence-corrected chi connectivity index (χ3v) is 5.56. The van der Waals surface area contributed by atoms with Crippen LogP contribution in [0.25, 0.3) is 11.3 Å². The van der Waals surface area contributed by atoms with Gasteiger partial charge in [-0.15, -0.1) is 5.10 Å². The van der Waals surface area contributed by atoms with Crippen LogP contribution in [0, 0.1) is 0 Å². The predicted molar refractivity (Wildman–Crippen MR) is 127 cm³/mol. The van der Waals surface area contributed by atoms with Crippen LogP contribution in [0.5, 0.6) is 0 Å². The van der Waals surface area contributed by atoms with Crippen LogP contribution in [0.4, 0.5) is 5.00 Å². The molecule has 4 rings (SSSR count). The molecule has 3 aromatic carbocycles. The fourth-order valence-electron chi connectivity index (χ4n) is 3.21. The second kappa shape index (κ2) is 9.82. The van der Waals surface area contributed by atoms with Crippen molar-refractivity contribution in [2.75, 3.05) is 5.32 Å². The number of aromatic nitrogens is 1. The highest BCUT2D eigenvalue weighted by Crippen LogP contribution is 2.31. The van der Waals surface area contributed by atoms with Gasteiger partial charge in [-0.25, -0.2) is 0 Å². The van der Waals surface area contributed by atoms with Crippen molar-refractivity contribution in [1.29, 1.82) is 0 Å². The molecule has 6 heteroatoms. The zero-order valence-corrected chi connectivity index (χ0v) is 17.9. The third kappa shape index (κ3) is 5.24. The SMILES string of the molecule is CC(=O)Nc1sc(=NN=Cc2ccccc2)n(Cc2ccccc2)c1-c1ccccc1. The summed E-state index contributed by atoms with van der Waals surface area (Å²) >= 11 is 1.41. The van der Waals surface area contributed by atoms with Crippen molar-refractivity contribution < 1.29 is 4.79 Å². The number of thiazole rings is 1. The van der Waals surface area contributed by atoms with Gasteiger partial charge in [-0.3, -0.25) is 4.79 Å². The summed E-state index contributed by atoms with van der Waals surface area (Å²) in [6.07, 6.45) is 1.73. The molecule has 4 aromatic rings. The summed E-state index contributed by atoms with van der Waals surface area (Å²) in [7, 11) is 0. The lowest BCUT2D eigenvalue weighted by molar-refractivity contribution is -0.114. The van der Waals surface area contributed by atoms with Crippen molar-refractivity contribution in [2.45, 2.75) is 13.5 Å². The summed E-state index contributed by atoms with van der Waals surface area (Å²) in [4.78, 5) is 12.6. The van der Waals surface area contributed by atoms with Gasteiger partial charge in [-0.05, 0) is 11.1 Å². The Labute approximate surface area is 185 Å². The number of carbonyl (C=O) groups excluding carboxylic acids is 1. The molecule has 0 saturated carbocycles.